The number of hydrogen-bond donors (Lipinski definition) is 0. The van der Waals surface area contributed by atoms with Gasteiger partial charge in [-0.1, -0.05) is 25.7 Å². The van der Waals surface area contributed by atoms with Crippen molar-refractivity contribution in [2.75, 3.05) is 0 Å². The predicted molar refractivity (Wildman–Crippen MR) is 56.2 cm³/mol. The molecule has 1 aliphatic rings. The van der Waals surface area contributed by atoms with E-state index in [9.17, 15) is 26.3 Å². The van der Waals surface area contributed by atoms with E-state index in [1.807, 2.05) is 0 Å². The molecular weight excluding hydrogens is 257 g/mol. The molecule has 0 bridgehead atoms. The Labute approximate surface area is 102 Å². The molecule has 0 heterocycles. The maximum absolute atomic E-state index is 12.6. The Morgan fingerprint density at radius 3 is 2.00 bits per heavy atom. The summed E-state index contributed by atoms with van der Waals surface area (Å²) in [6, 6.07) is 0. The topological polar surface area (TPSA) is 0 Å². The van der Waals surface area contributed by atoms with Crippen LogP contribution in [0.5, 0.6) is 0 Å². The van der Waals surface area contributed by atoms with Crippen molar-refractivity contribution in [1.82, 2.24) is 0 Å². The Hall–Kier alpha value is -0.875. The molecule has 0 saturated heterocycles. The number of allylic oxidation sites excluding steroid dienone is 4. The number of alkyl halides is 6. The smallest absolute Gasteiger partial charge is 0.166 e. The summed E-state index contributed by atoms with van der Waals surface area (Å²) in [4.78, 5) is 0. The maximum Gasteiger partial charge on any atom is 0.416 e. The minimum absolute atomic E-state index is 0.157. The Morgan fingerprint density at radius 2 is 1.67 bits per heavy atom. The summed E-state index contributed by atoms with van der Waals surface area (Å²) < 4.78 is 75.6. The van der Waals surface area contributed by atoms with E-state index in [1.54, 1.807) is 0 Å². The van der Waals surface area contributed by atoms with Crippen molar-refractivity contribution >= 4 is 7.85 Å². The molecule has 0 aliphatic heterocycles. The predicted octanol–water partition coefficient (Wildman–Crippen LogP) is 4.35. The van der Waals surface area contributed by atoms with Crippen molar-refractivity contribution in [3.05, 3.63) is 23.3 Å². The van der Waals surface area contributed by atoms with Gasteiger partial charge in [0.1, 0.15) is 0 Å². The average molecular weight is 268 g/mol. The van der Waals surface area contributed by atoms with Crippen LogP contribution in [-0.2, 0) is 0 Å². The molecule has 2 radical (unpaired) electrons. The van der Waals surface area contributed by atoms with Crippen molar-refractivity contribution in [3.8, 4) is 0 Å². The summed E-state index contributed by atoms with van der Waals surface area (Å²) in [6.07, 6.45) is -9.20. The third kappa shape index (κ3) is 3.11. The van der Waals surface area contributed by atoms with Gasteiger partial charge in [0.2, 0.25) is 0 Å². The van der Waals surface area contributed by atoms with E-state index < -0.39 is 41.2 Å². The van der Waals surface area contributed by atoms with Crippen LogP contribution >= 0.6 is 0 Å². The van der Waals surface area contributed by atoms with Crippen molar-refractivity contribution in [1.29, 1.82) is 0 Å². The van der Waals surface area contributed by atoms with Gasteiger partial charge in [0.25, 0.3) is 0 Å². The van der Waals surface area contributed by atoms with E-state index in [4.69, 9.17) is 7.85 Å². The second kappa shape index (κ2) is 4.35. The highest BCUT2D eigenvalue weighted by atomic mass is 19.4. The SMILES string of the molecule is [B]C(C)C1(C)C=C(C(F)(F)F)C=C(C(F)(F)F)C1. The molecule has 0 aromatic carbocycles. The molecule has 0 fully saturated rings. The number of hydrogen-bond acceptors (Lipinski definition) is 0. The first-order valence-corrected chi connectivity index (χ1v) is 5.20. The molecule has 7 heteroatoms. The van der Waals surface area contributed by atoms with E-state index >= 15 is 0 Å². The highest BCUT2D eigenvalue weighted by Crippen LogP contribution is 2.48. The molecule has 1 rings (SSSR count). The summed E-state index contributed by atoms with van der Waals surface area (Å²) >= 11 is 0. The van der Waals surface area contributed by atoms with E-state index in [0.29, 0.717) is 0 Å². The van der Waals surface area contributed by atoms with Crippen LogP contribution in [0.25, 0.3) is 0 Å². The first-order valence-electron chi connectivity index (χ1n) is 5.20. The number of rotatable bonds is 1. The standard InChI is InChI=1S/C11H11BF6/c1-6(12)9(2)4-7(10(13,14)15)3-8(5-9)11(16,17)18/h3-4,6H,5H2,1-2H3. The van der Waals surface area contributed by atoms with Crippen LogP contribution in [0.3, 0.4) is 0 Å². The lowest BCUT2D eigenvalue weighted by Crippen LogP contribution is -2.30. The first kappa shape index (κ1) is 15.2. The van der Waals surface area contributed by atoms with E-state index in [1.165, 1.54) is 13.8 Å². The quantitative estimate of drug-likeness (QED) is 0.490. The molecule has 0 spiro atoms. The lowest BCUT2D eigenvalue weighted by molar-refractivity contribution is -0.102. The Morgan fingerprint density at radius 1 is 1.17 bits per heavy atom. The minimum atomic E-state index is -4.81. The summed E-state index contributed by atoms with van der Waals surface area (Å²) in [5.74, 6) is -0.819. The van der Waals surface area contributed by atoms with Crippen LogP contribution in [0.2, 0.25) is 5.82 Å². The summed E-state index contributed by atoms with van der Waals surface area (Å²) in [5.41, 5.74) is -3.84. The highest BCUT2D eigenvalue weighted by molar-refractivity contribution is 6.12. The fraction of sp³-hybridized carbons (Fsp3) is 0.636. The molecular formula is C11H11BF6. The van der Waals surface area contributed by atoms with Gasteiger partial charge >= 0.3 is 12.4 Å². The zero-order valence-electron chi connectivity index (χ0n) is 9.78. The van der Waals surface area contributed by atoms with Crippen LogP contribution < -0.4 is 0 Å². The summed E-state index contributed by atoms with van der Waals surface area (Å²) in [7, 11) is 5.51. The fourth-order valence-corrected chi connectivity index (χ4v) is 1.74. The maximum atomic E-state index is 12.6. The fourth-order valence-electron chi connectivity index (χ4n) is 1.74. The molecule has 0 nitrogen and oxygen atoms in total. The Bertz CT molecular complexity index is 387. The largest absolute Gasteiger partial charge is 0.416 e. The zero-order chi connectivity index (χ0) is 14.4. The van der Waals surface area contributed by atoms with Gasteiger partial charge in [0.05, 0.1) is 13.4 Å². The van der Waals surface area contributed by atoms with Gasteiger partial charge in [-0.3, -0.25) is 0 Å². The molecule has 1 aliphatic carbocycles. The van der Waals surface area contributed by atoms with Crippen molar-refractivity contribution in [2.24, 2.45) is 5.41 Å². The van der Waals surface area contributed by atoms with Gasteiger partial charge in [-0.2, -0.15) is 26.3 Å². The van der Waals surface area contributed by atoms with E-state index in [2.05, 4.69) is 0 Å². The molecule has 18 heavy (non-hydrogen) atoms. The van der Waals surface area contributed by atoms with Gasteiger partial charge in [-0.05, 0) is 17.9 Å². The normalized spacial score (nSPS) is 27.6. The average Bonchev–Trinajstić information content (AvgIpc) is 2.13. The molecule has 0 saturated carbocycles. The van der Waals surface area contributed by atoms with Crippen molar-refractivity contribution in [3.63, 3.8) is 0 Å². The van der Waals surface area contributed by atoms with Crippen LogP contribution in [0.15, 0.2) is 23.3 Å². The van der Waals surface area contributed by atoms with Gasteiger partial charge in [0, 0.05) is 5.57 Å². The lowest BCUT2D eigenvalue weighted by atomic mass is 9.62. The van der Waals surface area contributed by atoms with Gasteiger partial charge < -0.3 is 0 Å². The lowest BCUT2D eigenvalue weighted by Gasteiger charge is -2.36. The number of halogens is 6. The minimum Gasteiger partial charge on any atom is -0.166 e. The second-order valence-corrected chi connectivity index (χ2v) is 4.74. The van der Waals surface area contributed by atoms with Crippen LogP contribution in [0.1, 0.15) is 20.3 Å². The second-order valence-electron chi connectivity index (χ2n) is 4.74. The van der Waals surface area contributed by atoms with Crippen molar-refractivity contribution < 1.29 is 26.3 Å². The molecule has 0 aromatic heterocycles. The van der Waals surface area contributed by atoms with Crippen molar-refractivity contribution in [2.45, 2.75) is 38.4 Å². The van der Waals surface area contributed by atoms with Crippen LogP contribution in [-0.4, -0.2) is 20.2 Å². The van der Waals surface area contributed by atoms with Gasteiger partial charge in [0.15, 0.2) is 0 Å². The molecule has 0 N–H and O–H groups in total. The van der Waals surface area contributed by atoms with Crippen LogP contribution in [0, 0.1) is 5.41 Å². The monoisotopic (exact) mass is 268 g/mol. The Kier molecular flexibility index (Phi) is 3.67. The molecule has 2 unspecified atom stereocenters. The summed E-state index contributed by atoms with van der Waals surface area (Å²) in [5, 5.41) is 0. The van der Waals surface area contributed by atoms with E-state index in [-0.39, 0.29) is 6.08 Å². The molecule has 100 valence electrons. The Balaban J connectivity index is 3.30. The molecule has 0 amide bonds. The zero-order valence-corrected chi connectivity index (χ0v) is 9.78. The first-order chi connectivity index (χ1) is 7.86. The molecule has 2 atom stereocenters. The third-order valence-corrected chi connectivity index (χ3v) is 3.12. The molecule has 0 aromatic rings. The summed E-state index contributed by atoms with van der Waals surface area (Å²) in [6.45, 7) is 2.69. The van der Waals surface area contributed by atoms with Gasteiger partial charge in [-0.15, -0.1) is 0 Å². The van der Waals surface area contributed by atoms with E-state index in [0.717, 1.165) is 6.08 Å². The third-order valence-electron chi connectivity index (χ3n) is 3.12. The van der Waals surface area contributed by atoms with Gasteiger partial charge in [-0.25, -0.2) is 0 Å². The van der Waals surface area contributed by atoms with Crippen LogP contribution in [0.4, 0.5) is 26.3 Å². The highest BCUT2D eigenvalue weighted by Gasteiger charge is 2.45.